The molecule has 3 nitrogen and oxygen atoms in total. The van der Waals surface area contributed by atoms with Crippen LogP contribution >= 0.6 is 0 Å². The quantitative estimate of drug-likeness (QED) is 0.0914. The summed E-state index contributed by atoms with van der Waals surface area (Å²) in [4.78, 5) is 26.4. The van der Waals surface area contributed by atoms with Gasteiger partial charge in [-0.3, -0.25) is 14.5 Å². The van der Waals surface area contributed by atoms with Gasteiger partial charge in [-0.25, -0.2) is 0 Å². The first-order valence-corrected chi connectivity index (χ1v) is 14.6. The maximum Gasteiger partial charge on any atom is 0.230 e. The van der Waals surface area contributed by atoms with Crippen molar-refractivity contribution in [3.05, 3.63) is 11.6 Å². The molecule has 1 aliphatic heterocycles. The number of hydrogen-bond donors (Lipinski definition) is 0. The molecule has 0 aromatic rings. The minimum absolute atomic E-state index is 0.00409. The van der Waals surface area contributed by atoms with Crippen LogP contribution in [0, 0.1) is 0 Å². The van der Waals surface area contributed by atoms with Crippen LogP contribution < -0.4 is 0 Å². The van der Waals surface area contributed by atoms with Crippen molar-refractivity contribution in [3.63, 3.8) is 0 Å². The van der Waals surface area contributed by atoms with Crippen LogP contribution in [-0.4, -0.2) is 22.8 Å². The number of likely N-dealkylation sites (tertiary alicyclic amines) is 1. The van der Waals surface area contributed by atoms with Crippen LogP contribution in [0.3, 0.4) is 0 Å². The number of nitrogens with zero attached hydrogens (tertiary/aromatic N) is 1. The Morgan fingerprint density at radius 1 is 0.667 bits per heavy atom. The standard InChI is InChI=1S/C30H55NO2/c1-4-6-8-10-12-14-16-18-20-22-24-28(31-29(32)25-26-30(31)33)27(3)23-21-19-17-15-13-11-9-7-5-2/h23,28H,4-22,24-26H2,1-3H3. The lowest BCUT2D eigenvalue weighted by Crippen LogP contribution is -2.40. The second-order valence-electron chi connectivity index (χ2n) is 10.4. The van der Waals surface area contributed by atoms with E-state index in [0.717, 1.165) is 19.3 Å². The molecule has 0 N–H and O–H groups in total. The zero-order valence-electron chi connectivity index (χ0n) is 22.5. The Balaban J connectivity index is 2.33. The normalized spacial score (nSPS) is 15.6. The zero-order chi connectivity index (χ0) is 24.2. The van der Waals surface area contributed by atoms with Gasteiger partial charge in [0.1, 0.15) is 0 Å². The summed E-state index contributed by atoms with van der Waals surface area (Å²) in [6.45, 7) is 6.68. The predicted octanol–water partition coefficient (Wildman–Crippen LogP) is 9.29. The Morgan fingerprint density at radius 2 is 1.06 bits per heavy atom. The molecule has 1 saturated heterocycles. The van der Waals surface area contributed by atoms with Gasteiger partial charge in [-0.15, -0.1) is 0 Å². The van der Waals surface area contributed by atoms with Gasteiger partial charge in [0.25, 0.3) is 0 Å². The molecule has 1 unspecified atom stereocenters. The smallest absolute Gasteiger partial charge is 0.230 e. The predicted molar refractivity (Wildman–Crippen MR) is 142 cm³/mol. The average molecular weight is 462 g/mol. The second-order valence-corrected chi connectivity index (χ2v) is 10.4. The van der Waals surface area contributed by atoms with E-state index in [9.17, 15) is 9.59 Å². The minimum Gasteiger partial charge on any atom is -0.275 e. The zero-order valence-corrected chi connectivity index (χ0v) is 22.5. The van der Waals surface area contributed by atoms with Crippen molar-refractivity contribution in [1.82, 2.24) is 4.90 Å². The van der Waals surface area contributed by atoms with Gasteiger partial charge in [0.05, 0.1) is 6.04 Å². The van der Waals surface area contributed by atoms with E-state index in [0.29, 0.717) is 12.8 Å². The Bertz CT molecular complexity index is 523. The third-order valence-corrected chi connectivity index (χ3v) is 7.28. The Labute approximate surface area is 206 Å². The van der Waals surface area contributed by atoms with Gasteiger partial charge < -0.3 is 0 Å². The summed E-state index contributed by atoms with van der Waals surface area (Å²) in [5.74, 6) is 0.0776. The lowest BCUT2D eigenvalue weighted by Gasteiger charge is -2.27. The van der Waals surface area contributed by atoms with E-state index < -0.39 is 0 Å². The van der Waals surface area contributed by atoms with Crippen LogP contribution in [0.25, 0.3) is 0 Å². The highest BCUT2D eigenvalue weighted by molar-refractivity contribution is 6.02. The molecular weight excluding hydrogens is 406 g/mol. The Kier molecular flexibility index (Phi) is 18.4. The second kappa shape index (κ2) is 20.3. The fraction of sp³-hybridized carbons (Fsp3) is 0.867. The molecule has 192 valence electrons. The minimum atomic E-state index is -0.00409. The number of amides is 2. The van der Waals surface area contributed by atoms with Crippen LogP contribution in [-0.2, 0) is 9.59 Å². The van der Waals surface area contributed by atoms with E-state index in [2.05, 4.69) is 26.8 Å². The first-order chi connectivity index (χ1) is 16.1. The molecule has 33 heavy (non-hydrogen) atoms. The van der Waals surface area contributed by atoms with Gasteiger partial charge in [0.15, 0.2) is 0 Å². The van der Waals surface area contributed by atoms with Gasteiger partial charge >= 0.3 is 0 Å². The molecule has 0 aromatic heterocycles. The van der Waals surface area contributed by atoms with Gasteiger partial charge in [-0.05, 0) is 26.2 Å². The molecule has 0 aromatic carbocycles. The first kappa shape index (κ1) is 29.9. The van der Waals surface area contributed by atoms with Crippen molar-refractivity contribution in [3.8, 4) is 0 Å². The van der Waals surface area contributed by atoms with E-state index in [4.69, 9.17) is 0 Å². The van der Waals surface area contributed by atoms with Crippen LogP contribution in [0.1, 0.15) is 162 Å². The van der Waals surface area contributed by atoms with E-state index >= 15 is 0 Å². The van der Waals surface area contributed by atoms with Gasteiger partial charge in [-0.1, -0.05) is 135 Å². The first-order valence-electron chi connectivity index (χ1n) is 14.6. The summed E-state index contributed by atoms with van der Waals surface area (Å²) in [5, 5.41) is 0. The van der Waals surface area contributed by atoms with Crippen molar-refractivity contribution >= 4 is 11.8 Å². The third-order valence-electron chi connectivity index (χ3n) is 7.28. The molecule has 1 fully saturated rings. The lowest BCUT2D eigenvalue weighted by atomic mass is 9.97. The number of carbonyl (C=O) groups is 2. The van der Waals surface area contributed by atoms with Crippen LogP contribution in [0.4, 0.5) is 0 Å². The molecule has 1 aliphatic rings. The molecule has 2 amide bonds. The summed E-state index contributed by atoms with van der Waals surface area (Å²) >= 11 is 0. The van der Waals surface area contributed by atoms with Crippen molar-refractivity contribution in [2.45, 2.75) is 168 Å². The van der Waals surface area contributed by atoms with Crippen molar-refractivity contribution in [2.75, 3.05) is 0 Å². The number of hydrogen-bond acceptors (Lipinski definition) is 2. The maximum atomic E-state index is 12.4. The van der Waals surface area contributed by atoms with Gasteiger partial charge in [0.2, 0.25) is 11.8 Å². The van der Waals surface area contributed by atoms with Crippen LogP contribution in [0.2, 0.25) is 0 Å². The Hall–Kier alpha value is -1.12. The van der Waals surface area contributed by atoms with E-state index in [1.807, 2.05) is 0 Å². The number of imide groups is 1. The highest BCUT2D eigenvalue weighted by Gasteiger charge is 2.35. The summed E-state index contributed by atoms with van der Waals surface area (Å²) in [6, 6.07) is -0.00409. The number of unbranched alkanes of at least 4 members (excludes halogenated alkanes) is 17. The summed E-state index contributed by atoms with van der Waals surface area (Å²) in [6.07, 6.45) is 28.9. The monoisotopic (exact) mass is 461 g/mol. The topological polar surface area (TPSA) is 37.4 Å². The van der Waals surface area contributed by atoms with E-state index in [-0.39, 0.29) is 17.9 Å². The average Bonchev–Trinajstić information content (AvgIpc) is 3.14. The number of rotatable bonds is 22. The summed E-state index contributed by atoms with van der Waals surface area (Å²) in [5.41, 5.74) is 1.23. The number of carbonyl (C=O) groups excluding carboxylic acids is 2. The SMILES string of the molecule is CCCCCCCCCCC=C(C)C(CCCCCCCCCCCC)N1C(=O)CCC1=O. The van der Waals surface area contributed by atoms with Crippen molar-refractivity contribution in [2.24, 2.45) is 0 Å². The maximum absolute atomic E-state index is 12.4. The molecular formula is C30H55NO2. The fourth-order valence-corrected chi connectivity index (χ4v) is 5.07. The number of allylic oxidation sites excluding steroid dienone is 1. The van der Waals surface area contributed by atoms with Crippen molar-refractivity contribution < 1.29 is 9.59 Å². The highest BCUT2D eigenvalue weighted by Crippen LogP contribution is 2.25. The molecule has 0 radical (unpaired) electrons. The molecule has 1 rings (SSSR count). The third kappa shape index (κ3) is 14.0. The fourth-order valence-electron chi connectivity index (χ4n) is 5.07. The van der Waals surface area contributed by atoms with Gasteiger partial charge in [-0.2, -0.15) is 0 Å². The van der Waals surface area contributed by atoms with Crippen LogP contribution in [0.15, 0.2) is 11.6 Å². The highest BCUT2D eigenvalue weighted by atomic mass is 16.2. The van der Waals surface area contributed by atoms with E-state index in [1.165, 1.54) is 115 Å². The molecule has 3 heteroatoms. The Morgan fingerprint density at radius 3 is 1.52 bits per heavy atom. The summed E-state index contributed by atoms with van der Waals surface area (Å²) < 4.78 is 0. The molecule has 0 aliphatic carbocycles. The molecule has 1 atom stereocenters. The summed E-state index contributed by atoms with van der Waals surface area (Å²) in [7, 11) is 0. The lowest BCUT2D eigenvalue weighted by molar-refractivity contribution is -0.140. The van der Waals surface area contributed by atoms with E-state index in [1.54, 1.807) is 4.90 Å². The van der Waals surface area contributed by atoms with Crippen molar-refractivity contribution in [1.29, 1.82) is 0 Å². The largest absolute Gasteiger partial charge is 0.275 e. The molecule has 0 spiro atoms. The molecule has 0 bridgehead atoms. The van der Waals surface area contributed by atoms with Crippen LogP contribution in [0.5, 0.6) is 0 Å². The van der Waals surface area contributed by atoms with Gasteiger partial charge in [0, 0.05) is 12.8 Å². The molecule has 0 saturated carbocycles. The molecule has 1 heterocycles.